The van der Waals surface area contributed by atoms with Crippen molar-refractivity contribution in [2.45, 2.75) is 29.8 Å². The monoisotopic (exact) mass is 366 g/mol. The first-order valence-electron chi connectivity index (χ1n) is 8.75. The molecule has 0 spiro atoms. The van der Waals surface area contributed by atoms with Crippen LogP contribution in [0.5, 0.6) is 0 Å². The van der Waals surface area contributed by atoms with Crippen molar-refractivity contribution >= 4 is 28.5 Å². The first kappa shape index (κ1) is 15.8. The third-order valence-electron chi connectivity index (χ3n) is 5.22. The van der Waals surface area contributed by atoms with Crippen LogP contribution in [0.25, 0.3) is 16.5 Å². The van der Waals surface area contributed by atoms with Gasteiger partial charge in [0.2, 0.25) is 0 Å². The van der Waals surface area contributed by atoms with Crippen molar-refractivity contribution in [3.8, 4) is 5.69 Å². The summed E-state index contributed by atoms with van der Waals surface area (Å²) in [6.45, 7) is 0. The van der Waals surface area contributed by atoms with Crippen molar-refractivity contribution in [1.29, 1.82) is 0 Å². The number of hydrogen-bond donors (Lipinski definition) is 0. The van der Waals surface area contributed by atoms with E-state index in [2.05, 4.69) is 6.20 Å². The first-order valence-corrected chi connectivity index (χ1v) is 9.73. The van der Waals surface area contributed by atoms with Gasteiger partial charge in [-0.1, -0.05) is 18.2 Å². The molecule has 132 valence electrons. The SMILES string of the molecule is COC(=O)[C@@H]1CSc2c(C3CC3)c3cn(-c4ccccc4)cc3c(=O)n21. The molecule has 3 aromatic rings. The number of para-hydroxylation sites is 1. The third-order valence-corrected chi connectivity index (χ3v) is 6.39. The molecule has 2 aromatic heterocycles. The van der Waals surface area contributed by atoms with Crippen LogP contribution >= 0.6 is 11.8 Å². The molecule has 1 aliphatic heterocycles. The number of pyridine rings is 1. The van der Waals surface area contributed by atoms with Crippen LogP contribution in [-0.4, -0.2) is 28.0 Å². The Kier molecular flexibility index (Phi) is 3.50. The molecule has 2 aliphatic rings. The number of carbonyl (C=O) groups excluding carboxylic acids is 1. The van der Waals surface area contributed by atoms with Crippen molar-refractivity contribution in [1.82, 2.24) is 9.13 Å². The number of aromatic nitrogens is 2. The van der Waals surface area contributed by atoms with Gasteiger partial charge in [0.25, 0.3) is 5.56 Å². The quantitative estimate of drug-likeness (QED) is 0.666. The fraction of sp³-hybridized carbons (Fsp3) is 0.300. The van der Waals surface area contributed by atoms with E-state index in [9.17, 15) is 9.59 Å². The lowest BCUT2D eigenvalue weighted by atomic mass is 10.1. The third kappa shape index (κ3) is 2.25. The average Bonchev–Trinajstić information content (AvgIpc) is 3.24. The molecule has 0 radical (unpaired) electrons. The van der Waals surface area contributed by atoms with Gasteiger partial charge in [-0.3, -0.25) is 9.36 Å². The normalized spacial score (nSPS) is 18.9. The Bertz CT molecular complexity index is 1080. The molecule has 1 fully saturated rings. The smallest absolute Gasteiger partial charge is 0.329 e. The van der Waals surface area contributed by atoms with Crippen LogP contribution in [0, 0.1) is 0 Å². The molecule has 0 amide bonds. The van der Waals surface area contributed by atoms with E-state index in [-0.39, 0.29) is 11.5 Å². The summed E-state index contributed by atoms with van der Waals surface area (Å²) in [7, 11) is 1.38. The molecule has 1 aromatic carbocycles. The number of carbonyl (C=O) groups is 1. The van der Waals surface area contributed by atoms with E-state index in [1.165, 1.54) is 12.7 Å². The largest absolute Gasteiger partial charge is 0.467 e. The number of esters is 1. The molecule has 1 saturated carbocycles. The van der Waals surface area contributed by atoms with E-state index >= 15 is 0 Å². The molecule has 0 bridgehead atoms. The maximum Gasteiger partial charge on any atom is 0.329 e. The second-order valence-corrected chi connectivity index (χ2v) is 7.86. The molecule has 6 heteroatoms. The molecule has 0 N–H and O–H groups in total. The molecule has 0 saturated heterocycles. The second-order valence-electron chi connectivity index (χ2n) is 6.85. The number of benzene rings is 1. The van der Waals surface area contributed by atoms with Gasteiger partial charge in [-0.05, 0) is 36.5 Å². The van der Waals surface area contributed by atoms with Gasteiger partial charge < -0.3 is 9.30 Å². The number of rotatable bonds is 3. The number of ether oxygens (including phenoxy) is 1. The van der Waals surface area contributed by atoms with Crippen LogP contribution < -0.4 is 5.56 Å². The molecule has 1 aliphatic carbocycles. The zero-order chi connectivity index (χ0) is 17.8. The number of hydrogen-bond acceptors (Lipinski definition) is 4. The molecule has 3 heterocycles. The van der Waals surface area contributed by atoms with Gasteiger partial charge in [-0.25, -0.2) is 4.79 Å². The lowest BCUT2D eigenvalue weighted by Gasteiger charge is -2.14. The van der Waals surface area contributed by atoms with Crippen molar-refractivity contribution < 1.29 is 9.53 Å². The maximum atomic E-state index is 13.2. The fourth-order valence-corrected chi connectivity index (χ4v) is 5.18. The Hall–Kier alpha value is -2.47. The highest BCUT2D eigenvalue weighted by molar-refractivity contribution is 7.99. The molecule has 0 unspecified atom stereocenters. The van der Waals surface area contributed by atoms with E-state index in [0.29, 0.717) is 17.1 Å². The van der Waals surface area contributed by atoms with Gasteiger partial charge in [0.05, 0.1) is 17.5 Å². The summed E-state index contributed by atoms with van der Waals surface area (Å²) < 4.78 is 8.61. The summed E-state index contributed by atoms with van der Waals surface area (Å²) in [6, 6.07) is 9.45. The minimum atomic E-state index is -0.533. The average molecular weight is 366 g/mol. The van der Waals surface area contributed by atoms with E-state index in [0.717, 1.165) is 28.9 Å². The minimum absolute atomic E-state index is 0.102. The summed E-state index contributed by atoms with van der Waals surface area (Å²) in [5.74, 6) is 0.698. The van der Waals surface area contributed by atoms with Gasteiger partial charge in [-0.2, -0.15) is 0 Å². The van der Waals surface area contributed by atoms with Crippen molar-refractivity contribution in [3.05, 3.63) is 58.6 Å². The highest BCUT2D eigenvalue weighted by Gasteiger charge is 2.38. The summed E-state index contributed by atoms with van der Waals surface area (Å²) >= 11 is 1.60. The lowest BCUT2D eigenvalue weighted by Crippen LogP contribution is -2.30. The zero-order valence-electron chi connectivity index (χ0n) is 14.3. The van der Waals surface area contributed by atoms with E-state index in [1.807, 2.05) is 41.1 Å². The molecular weight excluding hydrogens is 348 g/mol. The van der Waals surface area contributed by atoms with Crippen LogP contribution in [0.15, 0.2) is 52.5 Å². The summed E-state index contributed by atoms with van der Waals surface area (Å²) in [4.78, 5) is 25.4. The van der Waals surface area contributed by atoms with E-state index < -0.39 is 6.04 Å². The van der Waals surface area contributed by atoms with Gasteiger partial charge in [0, 0.05) is 29.2 Å². The number of fused-ring (bicyclic) bond motifs is 2. The van der Waals surface area contributed by atoms with Crippen molar-refractivity contribution in [2.24, 2.45) is 0 Å². The highest BCUT2D eigenvalue weighted by atomic mass is 32.2. The zero-order valence-corrected chi connectivity index (χ0v) is 15.2. The summed E-state index contributed by atoms with van der Waals surface area (Å²) in [5, 5.41) is 2.65. The van der Waals surface area contributed by atoms with Crippen molar-refractivity contribution in [2.75, 3.05) is 12.9 Å². The second kappa shape index (κ2) is 5.77. The van der Waals surface area contributed by atoms with Crippen molar-refractivity contribution in [3.63, 3.8) is 0 Å². The number of thioether (sulfide) groups is 1. The van der Waals surface area contributed by atoms with Crippen LogP contribution in [0.4, 0.5) is 0 Å². The van der Waals surface area contributed by atoms with Crippen LogP contribution in [-0.2, 0) is 9.53 Å². The summed E-state index contributed by atoms with van der Waals surface area (Å²) in [6.07, 6.45) is 6.23. The Balaban J connectivity index is 1.79. The number of methoxy groups -OCH3 is 1. The maximum absolute atomic E-state index is 13.2. The Morgan fingerprint density at radius 2 is 1.88 bits per heavy atom. The van der Waals surface area contributed by atoms with Crippen LogP contribution in [0.2, 0.25) is 0 Å². The summed E-state index contributed by atoms with van der Waals surface area (Å²) in [5.41, 5.74) is 2.15. The lowest BCUT2D eigenvalue weighted by molar-refractivity contribution is -0.143. The number of nitrogens with zero attached hydrogens (tertiary/aromatic N) is 2. The van der Waals surface area contributed by atoms with Crippen LogP contribution in [0.3, 0.4) is 0 Å². The van der Waals surface area contributed by atoms with Gasteiger partial charge >= 0.3 is 5.97 Å². The standard InChI is InChI=1S/C20H18N2O3S/c1-25-20(24)16-11-26-19-17(12-7-8-12)14-9-21(13-5-3-2-4-6-13)10-15(14)18(23)22(16)19/h2-6,9-10,12,16H,7-8,11H2,1H3/t16-/m0/s1. The predicted octanol–water partition coefficient (Wildman–Crippen LogP) is 3.49. The topological polar surface area (TPSA) is 53.2 Å². The molecule has 1 atom stereocenters. The molecule has 5 rings (SSSR count). The molecule has 5 nitrogen and oxygen atoms in total. The molecular formula is C20H18N2O3S. The van der Waals surface area contributed by atoms with E-state index in [4.69, 9.17) is 4.74 Å². The van der Waals surface area contributed by atoms with Gasteiger partial charge in [0.1, 0.15) is 6.04 Å². The van der Waals surface area contributed by atoms with Crippen LogP contribution in [0.1, 0.15) is 30.4 Å². The Morgan fingerprint density at radius 3 is 2.58 bits per heavy atom. The Labute approximate surface area is 154 Å². The fourth-order valence-electron chi connectivity index (χ4n) is 3.79. The molecule has 26 heavy (non-hydrogen) atoms. The minimum Gasteiger partial charge on any atom is -0.467 e. The van der Waals surface area contributed by atoms with E-state index in [1.54, 1.807) is 16.3 Å². The Morgan fingerprint density at radius 1 is 1.15 bits per heavy atom. The predicted molar refractivity (Wildman–Crippen MR) is 101 cm³/mol. The van der Waals surface area contributed by atoms with Gasteiger partial charge in [-0.15, -0.1) is 11.8 Å². The highest BCUT2D eigenvalue weighted by Crippen LogP contribution is 2.49. The first-order chi connectivity index (χ1) is 12.7. The van der Waals surface area contributed by atoms with Gasteiger partial charge in [0.15, 0.2) is 0 Å².